The van der Waals surface area contributed by atoms with Gasteiger partial charge in [0.15, 0.2) is 5.82 Å². The van der Waals surface area contributed by atoms with Crippen LogP contribution in [0.5, 0.6) is 0 Å². The number of likely N-dealkylation sites (N-methyl/N-ethyl adjacent to an activating group) is 1. The maximum atomic E-state index is 8.64. The average Bonchev–Trinajstić information content (AvgIpc) is 3.28. The van der Waals surface area contributed by atoms with E-state index in [4.69, 9.17) is 9.78 Å². The van der Waals surface area contributed by atoms with Crippen LogP contribution in [0.15, 0.2) is 4.52 Å². The number of hydrogen-bond donors (Lipinski definition) is 0. The molecule has 0 radical (unpaired) electrons. The Labute approximate surface area is 132 Å². The highest BCUT2D eigenvalue weighted by molar-refractivity contribution is 5.01. The first-order valence-electron chi connectivity index (χ1n) is 8.38. The largest absolute Gasteiger partial charge is 0.339 e. The molecule has 22 heavy (non-hydrogen) atoms. The molecular formula is C16H25N5O. The van der Waals surface area contributed by atoms with Gasteiger partial charge in [0.1, 0.15) is 0 Å². The lowest BCUT2D eigenvalue weighted by atomic mass is 10.0. The lowest BCUT2D eigenvalue weighted by Gasteiger charge is -2.37. The smallest absolute Gasteiger partial charge is 0.229 e. The summed E-state index contributed by atoms with van der Waals surface area (Å²) in [6, 6.07) is 2.79. The van der Waals surface area contributed by atoms with Crippen LogP contribution in [0.2, 0.25) is 0 Å². The molecule has 6 nitrogen and oxygen atoms in total. The molecule has 1 saturated heterocycles. The highest BCUT2D eigenvalue weighted by Gasteiger charge is 2.30. The maximum Gasteiger partial charge on any atom is 0.229 e. The summed E-state index contributed by atoms with van der Waals surface area (Å²) < 4.78 is 5.34. The fraction of sp³-hybridized carbons (Fsp3) is 0.812. The summed E-state index contributed by atoms with van der Waals surface area (Å²) in [7, 11) is 2.17. The lowest BCUT2D eigenvalue weighted by molar-refractivity contribution is 0.108. The van der Waals surface area contributed by atoms with Gasteiger partial charge in [-0.2, -0.15) is 10.2 Å². The Morgan fingerprint density at radius 3 is 3.05 bits per heavy atom. The first-order chi connectivity index (χ1) is 10.8. The van der Waals surface area contributed by atoms with E-state index in [0.717, 1.165) is 44.3 Å². The molecule has 1 aliphatic carbocycles. The third-order valence-corrected chi connectivity index (χ3v) is 4.68. The first-order valence-corrected chi connectivity index (χ1v) is 8.38. The second-order valence-electron chi connectivity index (χ2n) is 6.60. The Kier molecular flexibility index (Phi) is 5.06. The fourth-order valence-electron chi connectivity index (χ4n) is 3.15. The van der Waals surface area contributed by atoms with E-state index in [-0.39, 0.29) is 0 Å². The van der Waals surface area contributed by atoms with Crippen LogP contribution < -0.4 is 0 Å². The van der Waals surface area contributed by atoms with Crippen molar-refractivity contribution in [1.82, 2.24) is 19.9 Å². The number of aromatic nitrogens is 2. The molecule has 1 aromatic rings. The number of nitrogens with zero attached hydrogens (tertiary/aromatic N) is 5. The van der Waals surface area contributed by atoms with Gasteiger partial charge in [-0.15, -0.1) is 0 Å². The molecule has 1 aliphatic heterocycles. The number of rotatable bonds is 7. The quantitative estimate of drug-likeness (QED) is 0.719. The Bertz CT molecular complexity index is 519. The number of unbranched alkanes of at least 4 members (excludes halogenated alkanes) is 1. The zero-order valence-corrected chi connectivity index (χ0v) is 13.4. The summed E-state index contributed by atoms with van der Waals surface area (Å²) in [6.07, 6.45) is 6.44. The van der Waals surface area contributed by atoms with Crippen LogP contribution in [0.1, 0.15) is 56.2 Å². The molecule has 2 fully saturated rings. The molecule has 2 heterocycles. The molecule has 0 amide bonds. The van der Waals surface area contributed by atoms with E-state index < -0.39 is 0 Å². The minimum absolute atomic E-state index is 0.529. The summed E-state index contributed by atoms with van der Waals surface area (Å²) in [5, 5.41) is 12.8. The van der Waals surface area contributed by atoms with Gasteiger partial charge >= 0.3 is 0 Å². The number of piperidine rings is 1. The van der Waals surface area contributed by atoms with Crippen molar-refractivity contribution in [2.75, 3.05) is 26.7 Å². The van der Waals surface area contributed by atoms with Crippen LogP contribution in [-0.4, -0.2) is 52.7 Å². The molecule has 0 aromatic carbocycles. The topological polar surface area (TPSA) is 69.2 Å². The van der Waals surface area contributed by atoms with Crippen molar-refractivity contribution < 1.29 is 4.52 Å². The zero-order chi connectivity index (χ0) is 15.4. The molecule has 6 heteroatoms. The van der Waals surface area contributed by atoms with Crippen molar-refractivity contribution in [3.8, 4) is 6.07 Å². The minimum Gasteiger partial charge on any atom is -0.339 e. The number of hydrogen-bond acceptors (Lipinski definition) is 6. The van der Waals surface area contributed by atoms with Crippen molar-refractivity contribution in [3.63, 3.8) is 0 Å². The van der Waals surface area contributed by atoms with Crippen molar-refractivity contribution in [2.24, 2.45) is 0 Å². The summed E-state index contributed by atoms with van der Waals surface area (Å²) in [5.41, 5.74) is 0. The molecule has 0 spiro atoms. The molecule has 2 aliphatic rings. The van der Waals surface area contributed by atoms with E-state index in [9.17, 15) is 0 Å². The monoisotopic (exact) mass is 303 g/mol. The second-order valence-corrected chi connectivity index (χ2v) is 6.60. The van der Waals surface area contributed by atoms with Gasteiger partial charge in [0.2, 0.25) is 5.89 Å². The first kappa shape index (κ1) is 15.4. The molecule has 1 saturated carbocycles. The van der Waals surface area contributed by atoms with Crippen LogP contribution in [0.4, 0.5) is 0 Å². The Hall–Kier alpha value is -1.45. The van der Waals surface area contributed by atoms with Crippen LogP contribution >= 0.6 is 0 Å². The van der Waals surface area contributed by atoms with Crippen LogP contribution in [0, 0.1) is 11.3 Å². The zero-order valence-electron chi connectivity index (χ0n) is 13.4. The molecule has 120 valence electrons. The standard InChI is InChI=1S/C16H25N5O/c1-20(9-3-2-8-17)14-5-4-10-21(11-14)12-15-18-16(22-19-15)13-6-7-13/h13-14H,2-7,9-12H2,1H3/t14-/m0/s1. The van der Waals surface area contributed by atoms with Crippen molar-refractivity contribution in [1.29, 1.82) is 5.26 Å². The lowest BCUT2D eigenvalue weighted by Crippen LogP contribution is -2.46. The number of likely N-dealkylation sites (tertiary alicyclic amines) is 1. The van der Waals surface area contributed by atoms with Crippen LogP contribution in [-0.2, 0) is 6.54 Å². The van der Waals surface area contributed by atoms with Gasteiger partial charge in [0.05, 0.1) is 12.6 Å². The second kappa shape index (κ2) is 7.21. The van der Waals surface area contributed by atoms with Gasteiger partial charge in [0, 0.05) is 24.9 Å². The van der Waals surface area contributed by atoms with E-state index in [2.05, 4.69) is 33.1 Å². The Balaban J connectivity index is 1.48. The van der Waals surface area contributed by atoms with Crippen molar-refractivity contribution in [2.45, 2.75) is 57.0 Å². The molecule has 1 aromatic heterocycles. The van der Waals surface area contributed by atoms with Crippen LogP contribution in [0.3, 0.4) is 0 Å². The molecule has 3 rings (SSSR count). The average molecular weight is 303 g/mol. The summed E-state index contributed by atoms with van der Waals surface area (Å²) >= 11 is 0. The third-order valence-electron chi connectivity index (χ3n) is 4.68. The van der Waals surface area contributed by atoms with Crippen LogP contribution in [0.25, 0.3) is 0 Å². The molecular weight excluding hydrogens is 278 g/mol. The SMILES string of the molecule is CN(CCCC#N)[C@H]1CCCN(Cc2noc(C3CC3)n2)C1. The molecule has 0 unspecified atom stereocenters. The number of nitriles is 1. The predicted molar refractivity (Wildman–Crippen MR) is 82.0 cm³/mol. The van der Waals surface area contributed by atoms with E-state index in [1.165, 1.54) is 25.7 Å². The van der Waals surface area contributed by atoms with Gasteiger partial charge in [-0.1, -0.05) is 5.16 Å². The van der Waals surface area contributed by atoms with Gasteiger partial charge in [-0.3, -0.25) is 4.90 Å². The predicted octanol–water partition coefficient (Wildman–Crippen LogP) is 2.15. The van der Waals surface area contributed by atoms with Gasteiger partial charge < -0.3 is 9.42 Å². The molecule has 0 bridgehead atoms. The van der Waals surface area contributed by atoms with E-state index in [1.807, 2.05) is 0 Å². The Morgan fingerprint density at radius 1 is 1.41 bits per heavy atom. The Morgan fingerprint density at radius 2 is 2.27 bits per heavy atom. The maximum absolute atomic E-state index is 8.64. The van der Waals surface area contributed by atoms with Gasteiger partial charge in [-0.05, 0) is 52.2 Å². The van der Waals surface area contributed by atoms with Crippen molar-refractivity contribution >= 4 is 0 Å². The van der Waals surface area contributed by atoms with E-state index in [1.54, 1.807) is 0 Å². The summed E-state index contributed by atoms with van der Waals surface area (Å²) in [6.45, 7) is 3.95. The highest BCUT2D eigenvalue weighted by atomic mass is 16.5. The third kappa shape index (κ3) is 4.05. The van der Waals surface area contributed by atoms with Crippen molar-refractivity contribution in [3.05, 3.63) is 11.7 Å². The summed E-state index contributed by atoms with van der Waals surface area (Å²) in [4.78, 5) is 9.35. The summed E-state index contributed by atoms with van der Waals surface area (Å²) in [5.74, 6) is 2.19. The fourth-order valence-corrected chi connectivity index (χ4v) is 3.15. The highest BCUT2D eigenvalue weighted by Crippen LogP contribution is 2.38. The van der Waals surface area contributed by atoms with E-state index >= 15 is 0 Å². The van der Waals surface area contributed by atoms with E-state index in [0.29, 0.717) is 18.4 Å². The normalized spacial score (nSPS) is 22.9. The molecule has 0 N–H and O–H groups in total. The van der Waals surface area contributed by atoms with Gasteiger partial charge in [-0.25, -0.2) is 0 Å². The minimum atomic E-state index is 0.529. The molecule has 1 atom stereocenters. The van der Waals surface area contributed by atoms with Gasteiger partial charge in [0.25, 0.3) is 0 Å².